The molecule has 2 unspecified atom stereocenters. The molecular formula is C14H18ClNO3. The summed E-state index contributed by atoms with van der Waals surface area (Å²) >= 11 is 6.11. The molecule has 2 atom stereocenters. The van der Waals surface area contributed by atoms with Crippen molar-refractivity contribution in [1.82, 2.24) is 4.90 Å². The molecule has 4 nitrogen and oxygen atoms in total. The van der Waals surface area contributed by atoms with Gasteiger partial charge < -0.3 is 14.2 Å². The lowest BCUT2D eigenvalue weighted by Crippen LogP contribution is -2.14. The number of rotatable bonds is 5. The van der Waals surface area contributed by atoms with Gasteiger partial charge in [-0.05, 0) is 5.92 Å². The molecule has 5 heteroatoms. The molecule has 0 saturated carbocycles. The van der Waals surface area contributed by atoms with E-state index < -0.39 is 0 Å². The minimum absolute atomic E-state index is 0.225. The molecular weight excluding hydrogens is 266 g/mol. The average molecular weight is 284 g/mol. The zero-order chi connectivity index (χ0) is 13.4. The van der Waals surface area contributed by atoms with E-state index in [9.17, 15) is 0 Å². The van der Waals surface area contributed by atoms with Crippen LogP contribution in [0.2, 0.25) is 5.02 Å². The minimum Gasteiger partial charge on any atom is -0.492 e. The third kappa shape index (κ3) is 2.90. The van der Waals surface area contributed by atoms with Gasteiger partial charge >= 0.3 is 0 Å². The molecule has 2 aliphatic heterocycles. The predicted molar refractivity (Wildman–Crippen MR) is 73.3 cm³/mol. The Morgan fingerprint density at radius 2 is 2.26 bits per heavy atom. The van der Waals surface area contributed by atoms with Gasteiger partial charge in [0.25, 0.3) is 0 Å². The molecule has 19 heavy (non-hydrogen) atoms. The normalized spacial score (nSPS) is 23.8. The SMILES string of the molecule is CC(C)CN1CC1COc1cc(Cl)c2c(c1)OCO2. The molecule has 0 N–H and O–H groups in total. The Labute approximate surface area is 118 Å². The smallest absolute Gasteiger partial charge is 0.231 e. The van der Waals surface area contributed by atoms with Gasteiger partial charge in [-0.3, -0.25) is 4.90 Å². The van der Waals surface area contributed by atoms with Crippen LogP contribution in [0.5, 0.6) is 17.2 Å². The molecule has 1 aromatic rings. The number of nitrogens with zero attached hydrogens (tertiary/aromatic N) is 1. The summed E-state index contributed by atoms with van der Waals surface area (Å²) in [6.07, 6.45) is 0. The molecule has 0 spiro atoms. The fourth-order valence-electron chi connectivity index (χ4n) is 2.29. The zero-order valence-corrected chi connectivity index (χ0v) is 11.9. The molecule has 0 amide bonds. The summed E-state index contributed by atoms with van der Waals surface area (Å²) in [7, 11) is 0. The number of fused-ring (bicyclic) bond motifs is 1. The van der Waals surface area contributed by atoms with Crippen LogP contribution in [0.4, 0.5) is 0 Å². The van der Waals surface area contributed by atoms with Crippen LogP contribution >= 0.6 is 11.6 Å². The second-order valence-electron chi connectivity index (χ2n) is 5.45. The van der Waals surface area contributed by atoms with Gasteiger partial charge in [-0.15, -0.1) is 0 Å². The first-order chi connectivity index (χ1) is 9.13. The molecule has 0 aliphatic carbocycles. The van der Waals surface area contributed by atoms with Crippen molar-refractivity contribution in [3.63, 3.8) is 0 Å². The number of halogens is 1. The molecule has 0 aromatic heterocycles. The topological polar surface area (TPSA) is 30.7 Å². The van der Waals surface area contributed by atoms with Gasteiger partial charge in [0, 0.05) is 25.2 Å². The van der Waals surface area contributed by atoms with Crippen molar-refractivity contribution in [1.29, 1.82) is 0 Å². The highest BCUT2D eigenvalue weighted by molar-refractivity contribution is 6.32. The van der Waals surface area contributed by atoms with E-state index in [4.69, 9.17) is 25.8 Å². The maximum absolute atomic E-state index is 6.11. The van der Waals surface area contributed by atoms with E-state index >= 15 is 0 Å². The second-order valence-corrected chi connectivity index (χ2v) is 5.86. The average Bonchev–Trinajstić information content (AvgIpc) is 2.87. The first-order valence-electron chi connectivity index (χ1n) is 6.59. The lowest BCUT2D eigenvalue weighted by atomic mass is 10.2. The van der Waals surface area contributed by atoms with Crippen LogP contribution in [0.1, 0.15) is 13.8 Å². The van der Waals surface area contributed by atoms with Crippen LogP contribution < -0.4 is 14.2 Å². The van der Waals surface area contributed by atoms with Crippen molar-refractivity contribution in [2.24, 2.45) is 5.92 Å². The van der Waals surface area contributed by atoms with Gasteiger partial charge in [0.1, 0.15) is 12.4 Å². The monoisotopic (exact) mass is 283 g/mol. The molecule has 2 aliphatic rings. The highest BCUT2D eigenvalue weighted by Crippen LogP contribution is 2.42. The Kier molecular flexibility index (Phi) is 3.46. The Hall–Kier alpha value is -1.13. The summed E-state index contributed by atoms with van der Waals surface area (Å²) < 4.78 is 16.4. The number of hydrogen-bond donors (Lipinski definition) is 0. The molecule has 1 fully saturated rings. The highest BCUT2D eigenvalue weighted by Gasteiger charge is 2.34. The second kappa shape index (κ2) is 5.10. The van der Waals surface area contributed by atoms with Gasteiger partial charge in [-0.1, -0.05) is 25.4 Å². The fraction of sp³-hybridized carbons (Fsp3) is 0.571. The Bertz CT molecular complexity index is 478. The first kappa shape index (κ1) is 12.9. The predicted octanol–water partition coefficient (Wildman–Crippen LogP) is 2.79. The van der Waals surface area contributed by atoms with E-state index in [1.807, 2.05) is 6.07 Å². The van der Waals surface area contributed by atoms with E-state index in [2.05, 4.69) is 18.7 Å². The van der Waals surface area contributed by atoms with E-state index in [0.717, 1.165) is 18.8 Å². The summed E-state index contributed by atoms with van der Waals surface area (Å²) in [6.45, 7) is 7.64. The third-order valence-corrected chi connectivity index (χ3v) is 3.55. The van der Waals surface area contributed by atoms with Gasteiger partial charge in [-0.2, -0.15) is 0 Å². The molecule has 1 aromatic carbocycles. The van der Waals surface area contributed by atoms with Crippen molar-refractivity contribution in [3.8, 4) is 17.2 Å². The van der Waals surface area contributed by atoms with E-state index in [0.29, 0.717) is 35.1 Å². The highest BCUT2D eigenvalue weighted by atomic mass is 35.5. The Balaban J connectivity index is 1.55. The Morgan fingerprint density at radius 3 is 3.05 bits per heavy atom. The van der Waals surface area contributed by atoms with Crippen molar-refractivity contribution < 1.29 is 14.2 Å². The largest absolute Gasteiger partial charge is 0.492 e. The van der Waals surface area contributed by atoms with Gasteiger partial charge in [0.15, 0.2) is 11.5 Å². The lowest BCUT2D eigenvalue weighted by Gasteiger charge is -2.09. The van der Waals surface area contributed by atoms with Crippen LogP contribution in [-0.4, -0.2) is 37.4 Å². The van der Waals surface area contributed by atoms with E-state index in [1.54, 1.807) is 6.07 Å². The van der Waals surface area contributed by atoms with Crippen LogP contribution in [0.3, 0.4) is 0 Å². The summed E-state index contributed by atoms with van der Waals surface area (Å²) in [6, 6.07) is 4.15. The van der Waals surface area contributed by atoms with Gasteiger partial charge in [0.05, 0.1) is 11.1 Å². The standard InChI is InChI=1S/C14H18ClNO3/c1-9(2)5-16-6-10(16)7-17-11-3-12(15)14-13(4-11)18-8-19-14/h3-4,9-10H,5-8H2,1-2H3. The van der Waals surface area contributed by atoms with Crippen LogP contribution in [-0.2, 0) is 0 Å². The number of benzene rings is 1. The zero-order valence-electron chi connectivity index (χ0n) is 11.2. The minimum atomic E-state index is 0.225. The fourth-order valence-corrected chi connectivity index (χ4v) is 2.55. The molecule has 2 heterocycles. The Morgan fingerprint density at radius 1 is 1.42 bits per heavy atom. The van der Waals surface area contributed by atoms with Crippen LogP contribution in [0.25, 0.3) is 0 Å². The van der Waals surface area contributed by atoms with Gasteiger partial charge in [0.2, 0.25) is 6.79 Å². The summed E-state index contributed by atoms with van der Waals surface area (Å²) in [5.41, 5.74) is 0. The molecule has 0 bridgehead atoms. The van der Waals surface area contributed by atoms with Crippen molar-refractivity contribution in [2.75, 3.05) is 26.5 Å². The quantitative estimate of drug-likeness (QED) is 0.778. The van der Waals surface area contributed by atoms with E-state index in [1.165, 1.54) is 0 Å². The lowest BCUT2D eigenvalue weighted by molar-refractivity contribution is 0.174. The van der Waals surface area contributed by atoms with Crippen molar-refractivity contribution >= 4 is 11.6 Å². The van der Waals surface area contributed by atoms with Gasteiger partial charge in [-0.25, -0.2) is 0 Å². The molecule has 104 valence electrons. The van der Waals surface area contributed by atoms with Crippen molar-refractivity contribution in [2.45, 2.75) is 19.9 Å². The summed E-state index contributed by atoms with van der Waals surface area (Å²) in [5, 5.41) is 0.542. The molecule has 1 saturated heterocycles. The molecule has 3 rings (SSSR count). The maximum atomic E-state index is 6.11. The van der Waals surface area contributed by atoms with E-state index in [-0.39, 0.29) is 6.79 Å². The third-order valence-electron chi connectivity index (χ3n) is 3.27. The number of ether oxygens (including phenoxy) is 3. The first-order valence-corrected chi connectivity index (χ1v) is 6.97. The summed E-state index contributed by atoms with van der Waals surface area (Å²) in [5.74, 6) is 2.72. The van der Waals surface area contributed by atoms with Crippen molar-refractivity contribution in [3.05, 3.63) is 17.2 Å². The summed E-state index contributed by atoms with van der Waals surface area (Å²) in [4.78, 5) is 2.42. The maximum Gasteiger partial charge on any atom is 0.231 e. The van der Waals surface area contributed by atoms with Crippen LogP contribution in [0.15, 0.2) is 12.1 Å². The van der Waals surface area contributed by atoms with Crippen LogP contribution in [0, 0.1) is 5.92 Å². The number of hydrogen-bond acceptors (Lipinski definition) is 4. The molecule has 0 radical (unpaired) electrons.